The van der Waals surface area contributed by atoms with Crippen molar-refractivity contribution in [3.05, 3.63) is 16.0 Å². The van der Waals surface area contributed by atoms with Crippen molar-refractivity contribution in [2.24, 2.45) is 5.92 Å². The molecule has 4 rings (SSSR count). The van der Waals surface area contributed by atoms with Gasteiger partial charge in [-0.2, -0.15) is 0 Å². The first-order valence-corrected chi connectivity index (χ1v) is 10.3. The van der Waals surface area contributed by atoms with E-state index in [1.165, 1.54) is 16.2 Å². The van der Waals surface area contributed by atoms with Gasteiger partial charge in [0.1, 0.15) is 11.5 Å². The van der Waals surface area contributed by atoms with Crippen molar-refractivity contribution in [3.63, 3.8) is 0 Å². The SMILES string of the molecule is CN1CC(=O)N(C)c2sc3c(c2C1=O)CCN(C(=O)CC1CCOCC1)C3. The lowest BCUT2D eigenvalue weighted by atomic mass is 9.95. The lowest BCUT2D eigenvalue weighted by Crippen LogP contribution is -2.38. The Kier molecular flexibility index (Phi) is 4.94. The van der Waals surface area contributed by atoms with Crippen LogP contribution in [0.3, 0.4) is 0 Å². The number of amides is 3. The Hall–Kier alpha value is -1.93. The van der Waals surface area contributed by atoms with E-state index in [-0.39, 0.29) is 24.3 Å². The molecule has 1 aromatic rings. The van der Waals surface area contributed by atoms with Gasteiger partial charge in [0.05, 0.1) is 12.1 Å². The quantitative estimate of drug-likeness (QED) is 0.766. The number of thiophene rings is 1. The maximum absolute atomic E-state index is 12.8. The average Bonchev–Trinajstić information content (AvgIpc) is 3.02. The standard InChI is InChI=1S/C19H25N3O4S/c1-20-11-16(24)21(2)19-17(18(20)25)13-3-6-22(10-14(13)27-19)15(23)9-12-4-7-26-8-5-12/h12H,3-11H2,1-2H3. The van der Waals surface area contributed by atoms with E-state index in [2.05, 4.69) is 0 Å². The van der Waals surface area contributed by atoms with Gasteiger partial charge in [-0.15, -0.1) is 11.3 Å². The van der Waals surface area contributed by atoms with Crippen LogP contribution in [0.5, 0.6) is 0 Å². The number of nitrogens with zero attached hydrogens (tertiary/aromatic N) is 3. The van der Waals surface area contributed by atoms with E-state index in [0.717, 1.165) is 41.5 Å². The molecule has 0 N–H and O–H groups in total. The Morgan fingerprint density at radius 2 is 1.93 bits per heavy atom. The maximum atomic E-state index is 12.8. The van der Waals surface area contributed by atoms with Crippen molar-refractivity contribution in [2.75, 3.05) is 45.3 Å². The molecule has 0 aromatic carbocycles. The molecule has 4 heterocycles. The van der Waals surface area contributed by atoms with E-state index in [9.17, 15) is 14.4 Å². The van der Waals surface area contributed by atoms with E-state index in [0.29, 0.717) is 37.4 Å². The average molecular weight is 391 g/mol. The van der Waals surface area contributed by atoms with Crippen LogP contribution >= 0.6 is 11.3 Å². The molecular formula is C19H25N3O4S. The Bertz CT molecular complexity index is 784. The fraction of sp³-hybridized carbons (Fsp3) is 0.632. The second-order valence-corrected chi connectivity index (χ2v) is 8.71. The number of likely N-dealkylation sites (N-methyl/N-ethyl adjacent to an activating group) is 2. The molecule has 1 aromatic heterocycles. The zero-order chi connectivity index (χ0) is 19.1. The summed E-state index contributed by atoms with van der Waals surface area (Å²) >= 11 is 1.48. The summed E-state index contributed by atoms with van der Waals surface area (Å²) in [6, 6.07) is 0. The maximum Gasteiger partial charge on any atom is 0.257 e. The molecule has 3 amide bonds. The number of hydrogen-bond donors (Lipinski definition) is 0. The van der Waals surface area contributed by atoms with Gasteiger partial charge >= 0.3 is 0 Å². The number of rotatable bonds is 2. The summed E-state index contributed by atoms with van der Waals surface area (Å²) < 4.78 is 5.38. The van der Waals surface area contributed by atoms with Crippen molar-refractivity contribution < 1.29 is 19.1 Å². The van der Waals surface area contributed by atoms with Gasteiger partial charge in [0.15, 0.2) is 0 Å². The summed E-state index contributed by atoms with van der Waals surface area (Å²) in [7, 11) is 3.39. The molecule has 0 aliphatic carbocycles. The third-order valence-corrected chi connectivity index (χ3v) is 7.10. The molecule has 27 heavy (non-hydrogen) atoms. The van der Waals surface area contributed by atoms with E-state index in [1.807, 2.05) is 4.90 Å². The summed E-state index contributed by atoms with van der Waals surface area (Å²) in [6.45, 7) is 2.76. The number of fused-ring (bicyclic) bond motifs is 3. The lowest BCUT2D eigenvalue weighted by molar-refractivity contribution is -0.133. The third-order valence-electron chi connectivity index (χ3n) is 5.81. The number of anilines is 1. The molecule has 0 bridgehead atoms. The van der Waals surface area contributed by atoms with Crippen molar-refractivity contribution in [2.45, 2.75) is 32.2 Å². The van der Waals surface area contributed by atoms with Crippen LogP contribution in [-0.2, 0) is 27.3 Å². The Morgan fingerprint density at radius 1 is 1.19 bits per heavy atom. The second kappa shape index (κ2) is 7.24. The van der Waals surface area contributed by atoms with Gasteiger partial charge in [-0.3, -0.25) is 14.4 Å². The third kappa shape index (κ3) is 3.36. The first kappa shape index (κ1) is 18.4. The molecule has 0 radical (unpaired) electrons. The molecule has 3 aliphatic rings. The fourth-order valence-corrected chi connectivity index (χ4v) is 5.40. The van der Waals surface area contributed by atoms with Crippen molar-refractivity contribution >= 4 is 34.1 Å². The molecule has 0 saturated carbocycles. The predicted molar refractivity (Wildman–Crippen MR) is 102 cm³/mol. The van der Waals surface area contributed by atoms with Gasteiger partial charge in [-0.25, -0.2) is 0 Å². The summed E-state index contributed by atoms with van der Waals surface area (Å²) in [4.78, 5) is 43.9. The van der Waals surface area contributed by atoms with Gasteiger partial charge in [0.2, 0.25) is 11.8 Å². The summed E-state index contributed by atoms with van der Waals surface area (Å²) in [6.07, 6.45) is 3.14. The summed E-state index contributed by atoms with van der Waals surface area (Å²) in [5, 5.41) is 0.720. The van der Waals surface area contributed by atoms with Gasteiger partial charge < -0.3 is 19.4 Å². The Labute approximate surface area is 162 Å². The number of hydrogen-bond acceptors (Lipinski definition) is 5. The second-order valence-electron chi connectivity index (χ2n) is 7.62. The van der Waals surface area contributed by atoms with Gasteiger partial charge in [-0.05, 0) is 30.7 Å². The molecule has 8 heteroatoms. The smallest absolute Gasteiger partial charge is 0.257 e. The van der Waals surface area contributed by atoms with Crippen LogP contribution < -0.4 is 4.90 Å². The van der Waals surface area contributed by atoms with Crippen LogP contribution in [0.2, 0.25) is 0 Å². The van der Waals surface area contributed by atoms with Crippen LogP contribution in [-0.4, -0.2) is 67.9 Å². The normalized spacial score (nSPS) is 21.2. The zero-order valence-corrected chi connectivity index (χ0v) is 16.6. The first-order valence-electron chi connectivity index (χ1n) is 9.47. The summed E-state index contributed by atoms with van der Waals surface area (Å²) in [5.74, 6) is 0.411. The van der Waals surface area contributed by atoms with Crippen molar-refractivity contribution in [3.8, 4) is 0 Å². The molecule has 0 spiro atoms. The number of ether oxygens (including phenoxy) is 1. The molecule has 1 saturated heterocycles. The van der Waals surface area contributed by atoms with E-state index in [1.54, 1.807) is 19.0 Å². The van der Waals surface area contributed by atoms with Crippen LogP contribution in [0.15, 0.2) is 0 Å². The van der Waals surface area contributed by atoms with E-state index in [4.69, 9.17) is 4.74 Å². The van der Waals surface area contributed by atoms with Crippen LogP contribution in [0.25, 0.3) is 0 Å². The largest absolute Gasteiger partial charge is 0.381 e. The molecule has 3 aliphatic heterocycles. The summed E-state index contributed by atoms with van der Waals surface area (Å²) in [5.41, 5.74) is 1.67. The minimum absolute atomic E-state index is 0.0874. The molecular weight excluding hydrogens is 366 g/mol. The Morgan fingerprint density at radius 3 is 2.67 bits per heavy atom. The van der Waals surface area contributed by atoms with Gasteiger partial charge in [0, 0.05) is 45.2 Å². The monoisotopic (exact) mass is 391 g/mol. The zero-order valence-electron chi connectivity index (χ0n) is 15.8. The highest BCUT2D eigenvalue weighted by Crippen LogP contribution is 2.41. The highest BCUT2D eigenvalue weighted by Gasteiger charge is 2.36. The lowest BCUT2D eigenvalue weighted by Gasteiger charge is -2.30. The van der Waals surface area contributed by atoms with Gasteiger partial charge in [0.25, 0.3) is 5.91 Å². The number of carbonyl (C=O) groups excluding carboxylic acids is 3. The molecule has 0 unspecified atom stereocenters. The minimum Gasteiger partial charge on any atom is -0.381 e. The Balaban J connectivity index is 1.55. The number of carbonyl (C=O) groups is 3. The van der Waals surface area contributed by atoms with E-state index >= 15 is 0 Å². The van der Waals surface area contributed by atoms with Crippen LogP contribution in [0.1, 0.15) is 40.1 Å². The highest BCUT2D eigenvalue weighted by molar-refractivity contribution is 7.17. The molecule has 7 nitrogen and oxygen atoms in total. The van der Waals surface area contributed by atoms with E-state index < -0.39 is 0 Å². The molecule has 0 atom stereocenters. The minimum atomic E-state index is -0.0952. The van der Waals surface area contributed by atoms with Crippen molar-refractivity contribution in [1.82, 2.24) is 9.80 Å². The first-order chi connectivity index (χ1) is 13.0. The molecule has 146 valence electrons. The van der Waals surface area contributed by atoms with Crippen molar-refractivity contribution in [1.29, 1.82) is 0 Å². The highest BCUT2D eigenvalue weighted by atomic mass is 32.1. The van der Waals surface area contributed by atoms with Crippen LogP contribution in [0.4, 0.5) is 5.00 Å². The van der Waals surface area contributed by atoms with Crippen LogP contribution in [0, 0.1) is 5.92 Å². The topological polar surface area (TPSA) is 70.2 Å². The predicted octanol–water partition coefficient (Wildman–Crippen LogP) is 1.50. The van der Waals surface area contributed by atoms with Gasteiger partial charge in [-0.1, -0.05) is 0 Å². The molecule has 1 fully saturated rings. The fourth-order valence-electron chi connectivity index (χ4n) is 4.07.